The van der Waals surface area contributed by atoms with Gasteiger partial charge in [-0.2, -0.15) is 0 Å². The van der Waals surface area contributed by atoms with Crippen LogP contribution in [0.5, 0.6) is 0 Å². The number of amides is 3. The summed E-state index contributed by atoms with van der Waals surface area (Å²) in [4.78, 5) is 39.1. The molecule has 3 amide bonds. The highest BCUT2D eigenvalue weighted by Gasteiger charge is 2.59. The highest BCUT2D eigenvalue weighted by Crippen LogP contribution is 2.42. The molecule has 0 radical (unpaired) electrons. The Kier molecular flexibility index (Phi) is 8.03. The number of rotatable bonds is 6. The summed E-state index contributed by atoms with van der Waals surface area (Å²) in [6.07, 6.45) is 0. The van der Waals surface area contributed by atoms with Crippen molar-refractivity contribution in [3.8, 4) is 0 Å². The van der Waals surface area contributed by atoms with Crippen molar-refractivity contribution in [2.45, 2.75) is 52.3 Å². The molecule has 0 aromatic heterocycles. The maximum Gasteiger partial charge on any atom is 0.325 e. The SMILES string of the molecule is COC(=O)C(C)(C)C(C)(C)N1C(=O)NC(C)(c2ccccc2)C1=O.COCc1ccccc1. The zero-order valence-corrected chi connectivity index (χ0v) is 20.5. The van der Waals surface area contributed by atoms with Gasteiger partial charge in [0.1, 0.15) is 5.54 Å². The van der Waals surface area contributed by atoms with Crippen LogP contribution >= 0.6 is 0 Å². The molecule has 1 atom stereocenters. The van der Waals surface area contributed by atoms with E-state index in [1.807, 2.05) is 48.5 Å². The fraction of sp³-hybridized carbons (Fsp3) is 0.423. The summed E-state index contributed by atoms with van der Waals surface area (Å²) in [5.74, 6) is -0.873. The molecule has 7 heteroatoms. The van der Waals surface area contributed by atoms with Gasteiger partial charge < -0.3 is 14.8 Å². The highest BCUT2D eigenvalue weighted by molar-refractivity contribution is 6.08. The number of imide groups is 1. The summed E-state index contributed by atoms with van der Waals surface area (Å²) in [5.41, 5.74) is -1.40. The summed E-state index contributed by atoms with van der Waals surface area (Å²) in [5, 5.41) is 2.77. The van der Waals surface area contributed by atoms with Crippen molar-refractivity contribution in [2.75, 3.05) is 14.2 Å². The van der Waals surface area contributed by atoms with Crippen LogP contribution < -0.4 is 5.32 Å². The molecule has 0 bridgehead atoms. The van der Waals surface area contributed by atoms with Crippen LogP contribution in [-0.2, 0) is 31.2 Å². The van der Waals surface area contributed by atoms with Crippen LogP contribution in [0.1, 0.15) is 45.7 Å². The van der Waals surface area contributed by atoms with Gasteiger partial charge in [0.15, 0.2) is 0 Å². The van der Waals surface area contributed by atoms with E-state index in [1.54, 1.807) is 53.9 Å². The van der Waals surface area contributed by atoms with Crippen molar-refractivity contribution in [1.82, 2.24) is 10.2 Å². The Morgan fingerprint density at radius 3 is 1.94 bits per heavy atom. The number of hydrogen-bond donors (Lipinski definition) is 1. The summed E-state index contributed by atoms with van der Waals surface area (Å²) < 4.78 is 9.79. The Morgan fingerprint density at radius 1 is 0.939 bits per heavy atom. The minimum Gasteiger partial charge on any atom is -0.469 e. The Labute approximate surface area is 196 Å². The van der Waals surface area contributed by atoms with Crippen molar-refractivity contribution in [3.05, 3.63) is 71.8 Å². The number of nitrogens with zero attached hydrogens (tertiary/aromatic N) is 1. The number of benzene rings is 2. The smallest absolute Gasteiger partial charge is 0.325 e. The molecule has 1 unspecified atom stereocenters. The van der Waals surface area contributed by atoms with E-state index >= 15 is 0 Å². The molecule has 2 aromatic carbocycles. The van der Waals surface area contributed by atoms with E-state index in [0.29, 0.717) is 12.2 Å². The minimum absolute atomic E-state index is 0.388. The number of esters is 1. The third-order valence-corrected chi connectivity index (χ3v) is 6.48. The molecule has 1 fully saturated rings. The summed E-state index contributed by atoms with van der Waals surface area (Å²) in [7, 11) is 2.99. The Morgan fingerprint density at radius 2 is 1.45 bits per heavy atom. The fourth-order valence-corrected chi connectivity index (χ4v) is 3.64. The van der Waals surface area contributed by atoms with E-state index in [-0.39, 0.29) is 5.91 Å². The quantitative estimate of drug-likeness (QED) is 0.521. The minimum atomic E-state index is -1.16. The topological polar surface area (TPSA) is 84.9 Å². The first-order valence-electron chi connectivity index (χ1n) is 10.8. The van der Waals surface area contributed by atoms with E-state index in [1.165, 1.54) is 12.7 Å². The summed E-state index contributed by atoms with van der Waals surface area (Å²) >= 11 is 0. The fourth-order valence-electron chi connectivity index (χ4n) is 3.64. The lowest BCUT2D eigenvalue weighted by atomic mass is 9.73. The third-order valence-electron chi connectivity index (χ3n) is 6.48. The molecular weight excluding hydrogens is 420 g/mol. The summed E-state index contributed by atoms with van der Waals surface area (Å²) in [6.45, 7) is 9.09. The van der Waals surface area contributed by atoms with Gasteiger partial charge >= 0.3 is 12.0 Å². The highest BCUT2D eigenvalue weighted by atomic mass is 16.5. The van der Waals surface area contributed by atoms with Crippen LogP contribution in [0.25, 0.3) is 0 Å². The molecule has 3 rings (SSSR count). The van der Waals surface area contributed by atoms with Crippen LogP contribution in [0.2, 0.25) is 0 Å². The molecule has 1 saturated heterocycles. The first-order valence-corrected chi connectivity index (χ1v) is 10.8. The van der Waals surface area contributed by atoms with Crippen LogP contribution in [0, 0.1) is 5.41 Å². The van der Waals surface area contributed by atoms with Gasteiger partial charge in [0.25, 0.3) is 5.91 Å². The van der Waals surface area contributed by atoms with E-state index < -0.39 is 28.5 Å². The van der Waals surface area contributed by atoms with Gasteiger partial charge in [-0.1, -0.05) is 60.7 Å². The molecule has 1 heterocycles. The zero-order valence-electron chi connectivity index (χ0n) is 20.5. The second-order valence-corrected chi connectivity index (χ2v) is 9.16. The average molecular weight is 455 g/mol. The van der Waals surface area contributed by atoms with E-state index in [9.17, 15) is 14.4 Å². The Bertz CT molecular complexity index is 973. The number of carbonyl (C=O) groups is 3. The van der Waals surface area contributed by atoms with Gasteiger partial charge in [-0.05, 0) is 45.7 Å². The zero-order chi connectivity index (χ0) is 24.9. The molecular formula is C26H34N2O5. The number of hydrogen-bond acceptors (Lipinski definition) is 5. The average Bonchev–Trinajstić information content (AvgIpc) is 3.04. The molecule has 0 aliphatic carbocycles. The van der Waals surface area contributed by atoms with Gasteiger partial charge in [0, 0.05) is 7.11 Å². The van der Waals surface area contributed by atoms with Gasteiger partial charge in [-0.3, -0.25) is 14.5 Å². The lowest BCUT2D eigenvalue weighted by Gasteiger charge is -2.44. The summed E-state index contributed by atoms with van der Waals surface area (Å²) in [6, 6.07) is 18.6. The third kappa shape index (κ3) is 5.09. The van der Waals surface area contributed by atoms with Crippen molar-refractivity contribution in [1.29, 1.82) is 0 Å². The van der Waals surface area contributed by atoms with E-state index in [4.69, 9.17) is 9.47 Å². The molecule has 7 nitrogen and oxygen atoms in total. The first-order chi connectivity index (χ1) is 15.4. The van der Waals surface area contributed by atoms with Gasteiger partial charge in [0.05, 0.1) is 24.7 Å². The van der Waals surface area contributed by atoms with Crippen molar-refractivity contribution < 1.29 is 23.9 Å². The standard InChI is InChI=1S/C18H24N2O4.C8H10O/c1-16(2,14(22)24-6)17(3,4)20-13(21)18(5,19-15(20)23)12-10-8-7-9-11-12;1-9-7-8-5-3-2-4-6-8/h7-11H,1-6H3,(H,19,23);2-6H,7H2,1H3. The van der Waals surface area contributed by atoms with Crippen molar-refractivity contribution in [3.63, 3.8) is 0 Å². The molecule has 2 aromatic rings. The number of carbonyl (C=O) groups excluding carboxylic acids is 3. The van der Waals surface area contributed by atoms with E-state index in [2.05, 4.69) is 5.32 Å². The lowest BCUT2D eigenvalue weighted by molar-refractivity contribution is -0.160. The van der Waals surface area contributed by atoms with Crippen molar-refractivity contribution >= 4 is 17.9 Å². The van der Waals surface area contributed by atoms with Crippen LogP contribution in [0.15, 0.2) is 60.7 Å². The van der Waals surface area contributed by atoms with Crippen LogP contribution in [-0.4, -0.2) is 42.6 Å². The first kappa shape index (κ1) is 26.1. The predicted octanol–water partition coefficient (Wildman–Crippen LogP) is 4.26. The largest absolute Gasteiger partial charge is 0.469 e. The second kappa shape index (κ2) is 10.2. The molecule has 0 saturated carbocycles. The molecule has 0 spiro atoms. The van der Waals surface area contributed by atoms with Gasteiger partial charge in [-0.15, -0.1) is 0 Å². The van der Waals surface area contributed by atoms with Crippen LogP contribution in [0.3, 0.4) is 0 Å². The number of urea groups is 1. The maximum atomic E-state index is 13.1. The Hall–Kier alpha value is -3.19. The van der Waals surface area contributed by atoms with E-state index in [0.717, 1.165) is 4.90 Å². The lowest BCUT2D eigenvalue weighted by Crippen LogP contribution is -2.60. The van der Waals surface area contributed by atoms with Gasteiger partial charge in [-0.25, -0.2) is 4.79 Å². The van der Waals surface area contributed by atoms with Crippen LogP contribution in [0.4, 0.5) is 4.79 Å². The number of ether oxygens (including phenoxy) is 2. The molecule has 1 aliphatic heterocycles. The Balaban J connectivity index is 0.000000357. The molecule has 1 N–H and O–H groups in total. The number of nitrogens with one attached hydrogen (secondary N) is 1. The molecule has 178 valence electrons. The van der Waals surface area contributed by atoms with Gasteiger partial charge in [0.2, 0.25) is 0 Å². The number of methoxy groups -OCH3 is 2. The monoisotopic (exact) mass is 454 g/mol. The predicted molar refractivity (Wildman–Crippen MR) is 126 cm³/mol. The van der Waals surface area contributed by atoms with Crippen molar-refractivity contribution in [2.24, 2.45) is 5.41 Å². The maximum absolute atomic E-state index is 13.1. The second-order valence-electron chi connectivity index (χ2n) is 9.16. The molecule has 1 aliphatic rings. The normalized spacial score (nSPS) is 18.3. The molecule has 33 heavy (non-hydrogen) atoms.